The Morgan fingerprint density at radius 3 is 2.67 bits per heavy atom. The Morgan fingerprint density at radius 1 is 1.50 bits per heavy atom. The average Bonchev–Trinajstić information content (AvgIpc) is 2.78. The number of hydrogen-bond donors (Lipinski definition) is 3. The first-order valence-electron chi connectivity index (χ1n) is 5.47. The standard InChI is InChI=1S/C10H16N2O5.Ca.2H/c11-6(9(14)15)3-4-8(13)17-10(16)7-2-1-5-12-7;;;/h6-7,12H,1-5,11H2,(H,14,15);;;/q;+2;2*-1/t6-,7-;;;/m0.../s1. The van der Waals surface area contributed by atoms with Crippen LogP contribution in [0.5, 0.6) is 0 Å². The van der Waals surface area contributed by atoms with E-state index < -0.39 is 30.0 Å². The number of ether oxygens (including phenoxy) is 1. The van der Waals surface area contributed by atoms with Crippen molar-refractivity contribution in [2.24, 2.45) is 5.73 Å². The number of rotatable bonds is 5. The third-order valence-electron chi connectivity index (χ3n) is 2.54. The number of carboxylic acid groups (broad SMARTS) is 1. The van der Waals surface area contributed by atoms with Crippen molar-refractivity contribution in [1.29, 1.82) is 0 Å². The number of esters is 2. The number of aliphatic carboxylic acids is 1. The number of carbonyl (C=O) groups excluding carboxylic acids is 2. The van der Waals surface area contributed by atoms with E-state index in [0.29, 0.717) is 6.42 Å². The second kappa shape index (κ2) is 8.82. The van der Waals surface area contributed by atoms with Crippen LogP contribution in [-0.4, -0.2) is 79.4 Å². The van der Waals surface area contributed by atoms with Gasteiger partial charge in [0.05, 0.1) is 0 Å². The molecule has 0 radical (unpaired) electrons. The number of hydrogen-bond acceptors (Lipinski definition) is 6. The summed E-state index contributed by atoms with van der Waals surface area (Å²) in [7, 11) is 0. The van der Waals surface area contributed by atoms with E-state index in [0.717, 1.165) is 13.0 Å². The van der Waals surface area contributed by atoms with Gasteiger partial charge in [0, 0.05) is 6.42 Å². The monoisotopic (exact) mass is 286 g/mol. The van der Waals surface area contributed by atoms with Gasteiger partial charge < -0.3 is 23.7 Å². The van der Waals surface area contributed by atoms with Crippen molar-refractivity contribution in [2.45, 2.75) is 37.8 Å². The molecule has 0 saturated carbocycles. The van der Waals surface area contributed by atoms with Crippen molar-refractivity contribution in [3.8, 4) is 0 Å². The normalized spacial score (nSPS) is 19.7. The summed E-state index contributed by atoms with van der Waals surface area (Å²) in [4.78, 5) is 33.0. The molecule has 100 valence electrons. The molecular weight excluding hydrogens is 268 g/mol. The molecule has 1 aliphatic rings. The quantitative estimate of drug-likeness (QED) is 0.331. The van der Waals surface area contributed by atoms with Gasteiger partial charge in [-0.15, -0.1) is 0 Å². The van der Waals surface area contributed by atoms with Crippen LogP contribution in [-0.2, 0) is 19.1 Å². The van der Waals surface area contributed by atoms with E-state index in [4.69, 9.17) is 10.8 Å². The zero-order valence-electron chi connectivity index (χ0n) is 12.1. The Balaban J connectivity index is -0.000000963. The first kappa shape index (κ1) is 17.8. The van der Waals surface area contributed by atoms with Gasteiger partial charge >= 0.3 is 55.6 Å². The zero-order chi connectivity index (χ0) is 12.8. The van der Waals surface area contributed by atoms with E-state index >= 15 is 0 Å². The molecule has 0 spiro atoms. The van der Waals surface area contributed by atoms with Gasteiger partial charge in [-0.2, -0.15) is 0 Å². The van der Waals surface area contributed by atoms with E-state index in [1.54, 1.807) is 0 Å². The van der Waals surface area contributed by atoms with Crippen LogP contribution in [0, 0.1) is 0 Å². The molecule has 8 heteroatoms. The molecule has 7 nitrogen and oxygen atoms in total. The third-order valence-corrected chi connectivity index (χ3v) is 2.54. The van der Waals surface area contributed by atoms with E-state index in [-0.39, 0.29) is 53.4 Å². The van der Waals surface area contributed by atoms with Crippen molar-refractivity contribution in [1.82, 2.24) is 5.32 Å². The molecule has 0 aliphatic carbocycles. The minimum atomic E-state index is -1.18. The molecule has 1 saturated heterocycles. The Hall–Kier alpha value is -0.210. The molecule has 2 atom stereocenters. The molecule has 0 aromatic rings. The van der Waals surface area contributed by atoms with Crippen molar-refractivity contribution in [2.75, 3.05) is 6.54 Å². The van der Waals surface area contributed by atoms with Crippen LogP contribution < -0.4 is 11.1 Å². The van der Waals surface area contributed by atoms with Gasteiger partial charge in [-0.3, -0.25) is 9.59 Å². The maximum Gasteiger partial charge on any atom is 2.00 e. The molecule has 18 heavy (non-hydrogen) atoms. The molecule has 0 unspecified atom stereocenters. The molecule has 1 aliphatic heterocycles. The van der Waals surface area contributed by atoms with Crippen LogP contribution in [0.2, 0.25) is 0 Å². The molecule has 0 aromatic carbocycles. The topological polar surface area (TPSA) is 119 Å². The van der Waals surface area contributed by atoms with Crippen LogP contribution in [0.4, 0.5) is 0 Å². The molecule has 4 N–H and O–H groups in total. The summed E-state index contributed by atoms with van der Waals surface area (Å²) >= 11 is 0. The molecule has 0 amide bonds. The van der Waals surface area contributed by atoms with Gasteiger partial charge in [0.1, 0.15) is 12.1 Å². The second-order valence-electron chi connectivity index (χ2n) is 3.93. The third kappa shape index (κ3) is 6.10. The molecule has 1 fully saturated rings. The fourth-order valence-corrected chi connectivity index (χ4v) is 1.52. The second-order valence-corrected chi connectivity index (χ2v) is 3.93. The van der Waals surface area contributed by atoms with Gasteiger partial charge in [0.15, 0.2) is 0 Å². The first-order valence-corrected chi connectivity index (χ1v) is 5.47. The number of carboxylic acids is 1. The Labute approximate surface area is 137 Å². The van der Waals surface area contributed by atoms with E-state index in [1.165, 1.54) is 0 Å². The Kier molecular flexibility index (Phi) is 8.71. The minimum Gasteiger partial charge on any atom is -1.00 e. The molecule has 0 bridgehead atoms. The summed E-state index contributed by atoms with van der Waals surface area (Å²) < 4.78 is 4.58. The predicted octanol–water partition coefficient (Wildman–Crippen LogP) is -1.16. The fraction of sp³-hybridized carbons (Fsp3) is 0.700. The van der Waals surface area contributed by atoms with Gasteiger partial charge in [0.2, 0.25) is 0 Å². The van der Waals surface area contributed by atoms with Crippen molar-refractivity contribution in [3.63, 3.8) is 0 Å². The SMILES string of the molecule is N[C@@H](CCC(=O)OC(=O)[C@@H]1CCCN1)C(=O)O.[Ca+2].[H-].[H-]. The van der Waals surface area contributed by atoms with Crippen LogP contribution in [0.3, 0.4) is 0 Å². The summed E-state index contributed by atoms with van der Waals surface area (Å²) in [5.41, 5.74) is 5.21. The van der Waals surface area contributed by atoms with Gasteiger partial charge in [-0.25, -0.2) is 4.79 Å². The molecule has 1 rings (SSSR count). The smallest absolute Gasteiger partial charge is 1.00 e. The van der Waals surface area contributed by atoms with Crippen LogP contribution in [0.15, 0.2) is 0 Å². The van der Waals surface area contributed by atoms with Crippen molar-refractivity contribution < 1.29 is 27.1 Å². The number of nitrogens with one attached hydrogen (secondary N) is 1. The van der Waals surface area contributed by atoms with E-state index in [9.17, 15) is 14.4 Å². The zero-order valence-corrected chi connectivity index (χ0v) is 12.3. The number of carbonyl (C=O) groups is 3. The summed E-state index contributed by atoms with van der Waals surface area (Å²) in [6.07, 6.45) is 1.31. The van der Waals surface area contributed by atoms with Gasteiger partial charge in [-0.05, 0) is 25.8 Å². The summed E-state index contributed by atoms with van der Waals surface area (Å²) in [6, 6.07) is -1.53. The van der Waals surface area contributed by atoms with Crippen LogP contribution in [0.1, 0.15) is 28.5 Å². The van der Waals surface area contributed by atoms with E-state index in [1.807, 2.05) is 0 Å². The fourth-order valence-electron chi connectivity index (χ4n) is 1.52. The van der Waals surface area contributed by atoms with Crippen molar-refractivity contribution >= 4 is 55.6 Å². The van der Waals surface area contributed by atoms with E-state index in [2.05, 4.69) is 10.1 Å². The number of nitrogens with two attached hydrogens (primary N) is 1. The largest absolute Gasteiger partial charge is 2.00 e. The Morgan fingerprint density at radius 2 is 2.17 bits per heavy atom. The van der Waals surface area contributed by atoms with Crippen molar-refractivity contribution in [3.05, 3.63) is 0 Å². The predicted molar refractivity (Wildman–Crippen MR) is 64.9 cm³/mol. The van der Waals surface area contributed by atoms with Crippen LogP contribution >= 0.6 is 0 Å². The summed E-state index contributed by atoms with van der Waals surface area (Å²) in [5, 5.41) is 11.4. The summed E-state index contributed by atoms with van der Waals surface area (Å²) in [5.74, 6) is -2.52. The first-order chi connectivity index (χ1) is 8.00. The van der Waals surface area contributed by atoms with Gasteiger partial charge in [0.25, 0.3) is 0 Å². The maximum atomic E-state index is 11.4. The Bertz CT molecular complexity index is 327. The van der Waals surface area contributed by atoms with Crippen LogP contribution in [0.25, 0.3) is 0 Å². The molecular formula is C10H18CaN2O5. The average molecular weight is 286 g/mol. The minimum absolute atomic E-state index is 0. The molecule has 0 aromatic heterocycles. The molecule has 1 heterocycles. The summed E-state index contributed by atoms with van der Waals surface area (Å²) in [6.45, 7) is 0.734. The van der Waals surface area contributed by atoms with Gasteiger partial charge in [-0.1, -0.05) is 0 Å². The maximum absolute atomic E-state index is 11.4.